The Kier molecular flexibility index (Phi) is 4.69. The van der Waals surface area contributed by atoms with Crippen molar-refractivity contribution in [1.82, 2.24) is 15.0 Å². The van der Waals surface area contributed by atoms with Gasteiger partial charge in [-0.1, -0.05) is 28.4 Å². The highest BCUT2D eigenvalue weighted by Gasteiger charge is 2.21. The normalized spacial score (nSPS) is 13.6. The smallest absolute Gasteiger partial charge is 0.279 e. The summed E-state index contributed by atoms with van der Waals surface area (Å²) >= 11 is 13.3. The first-order chi connectivity index (χ1) is 12.5. The van der Waals surface area contributed by atoms with Crippen molar-refractivity contribution < 1.29 is 4.79 Å². The highest BCUT2D eigenvalue weighted by Crippen LogP contribution is 2.33. The van der Waals surface area contributed by atoms with E-state index in [1.807, 2.05) is 0 Å². The maximum Gasteiger partial charge on any atom is 0.279 e. The zero-order valence-corrected chi connectivity index (χ0v) is 15.9. The molecule has 1 aromatic carbocycles. The summed E-state index contributed by atoms with van der Waals surface area (Å²) in [6, 6.07) is 4.78. The highest BCUT2D eigenvalue weighted by molar-refractivity contribution is 7.18. The average molecular weight is 409 g/mol. The molecule has 26 heavy (non-hydrogen) atoms. The number of carbonyl (C=O) groups is 1. The van der Waals surface area contributed by atoms with Gasteiger partial charge in [-0.3, -0.25) is 9.59 Å². The molecular formula is C17H14Cl2N4O2S. The second kappa shape index (κ2) is 6.98. The second-order valence-corrected chi connectivity index (χ2v) is 8.02. The maximum absolute atomic E-state index is 12.8. The third-order valence-corrected chi connectivity index (χ3v) is 6.26. The van der Waals surface area contributed by atoms with Crippen LogP contribution in [-0.4, -0.2) is 20.9 Å². The Morgan fingerprint density at radius 2 is 2.04 bits per heavy atom. The van der Waals surface area contributed by atoms with Gasteiger partial charge in [0.1, 0.15) is 6.54 Å². The van der Waals surface area contributed by atoms with Crippen molar-refractivity contribution in [3.8, 4) is 0 Å². The van der Waals surface area contributed by atoms with Gasteiger partial charge < -0.3 is 5.32 Å². The van der Waals surface area contributed by atoms with Crippen LogP contribution in [0.25, 0.3) is 10.2 Å². The lowest BCUT2D eigenvalue weighted by Crippen LogP contribution is -2.30. The largest absolute Gasteiger partial charge is 0.324 e. The first-order valence-electron chi connectivity index (χ1n) is 8.16. The van der Waals surface area contributed by atoms with Gasteiger partial charge in [0.05, 0.1) is 15.4 Å². The lowest BCUT2D eigenvalue weighted by atomic mass is 9.97. The number of hydrogen-bond acceptors (Lipinski definition) is 5. The molecule has 0 unspecified atom stereocenters. The fraction of sp³-hybridized carbons (Fsp3) is 0.294. The fourth-order valence-electron chi connectivity index (χ4n) is 3.12. The number of nitrogens with zero attached hydrogens (tertiary/aromatic N) is 3. The Labute approximate surface area is 162 Å². The minimum atomic E-state index is -0.386. The maximum atomic E-state index is 12.8. The number of aromatic nitrogens is 3. The van der Waals surface area contributed by atoms with E-state index >= 15 is 0 Å². The number of rotatable bonds is 3. The summed E-state index contributed by atoms with van der Waals surface area (Å²) < 4.78 is 1.11. The van der Waals surface area contributed by atoms with Crippen LogP contribution >= 0.6 is 34.5 Å². The summed E-state index contributed by atoms with van der Waals surface area (Å²) in [4.78, 5) is 27.0. The van der Waals surface area contributed by atoms with Crippen molar-refractivity contribution in [1.29, 1.82) is 0 Å². The van der Waals surface area contributed by atoms with Gasteiger partial charge in [-0.2, -0.15) is 0 Å². The Balaban J connectivity index is 1.60. The minimum Gasteiger partial charge on any atom is -0.324 e. The summed E-state index contributed by atoms with van der Waals surface area (Å²) in [6.45, 7) is -0.216. The van der Waals surface area contributed by atoms with E-state index in [4.69, 9.17) is 23.2 Å². The monoisotopic (exact) mass is 408 g/mol. The van der Waals surface area contributed by atoms with Crippen LogP contribution in [0.4, 0.5) is 5.69 Å². The molecule has 0 fully saturated rings. The Bertz CT molecular complexity index is 1080. The average Bonchev–Trinajstić information content (AvgIpc) is 3.00. The number of thiophene rings is 1. The number of halogens is 2. The predicted octanol–water partition coefficient (Wildman–Crippen LogP) is 3.68. The topological polar surface area (TPSA) is 76.9 Å². The molecule has 3 aromatic rings. The molecule has 1 aliphatic rings. The van der Waals surface area contributed by atoms with Crippen LogP contribution in [0, 0.1) is 0 Å². The lowest BCUT2D eigenvalue weighted by molar-refractivity contribution is -0.117. The molecule has 134 valence electrons. The van der Waals surface area contributed by atoms with Crippen LogP contribution in [0.2, 0.25) is 10.0 Å². The van der Waals surface area contributed by atoms with Crippen molar-refractivity contribution in [3.63, 3.8) is 0 Å². The van der Waals surface area contributed by atoms with Crippen molar-refractivity contribution >= 4 is 56.3 Å². The van der Waals surface area contributed by atoms with Gasteiger partial charge in [0.25, 0.3) is 5.56 Å². The molecule has 4 rings (SSSR count). The SMILES string of the molecule is O=C(Cn1nnc2sc3c(c2c1=O)CCCC3)Nc1ccc(Cl)c(Cl)c1. The van der Waals surface area contributed by atoms with Gasteiger partial charge in [0.15, 0.2) is 4.83 Å². The Hall–Kier alpha value is -1.96. The number of carbonyl (C=O) groups excluding carboxylic acids is 1. The van der Waals surface area contributed by atoms with Crippen LogP contribution in [0.5, 0.6) is 0 Å². The van der Waals surface area contributed by atoms with Gasteiger partial charge in [-0.05, 0) is 49.4 Å². The van der Waals surface area contributed by atoms with E-state index in [-0.39, 0.29) is 18.0 Å². The van der Waals surface area contributed by atoms with Crippen LogP contribution < -0.4 is 10.9 Å². The van der Waals surface area contributed by atoms with E-state index in [1.165, 1.54) is 16.2 Å². The number of nitrogens with one attached hydrogen (secondary N) is 1. The van der Waals surface area contributed by atoms with E-state index < -0.39 is 0 Å². The number of fused-ring (bicyclic) bond motifs is 3. The molecule has 0 aliphatic heterocycles. The van der Waals surface area contributed by atoms with Gasteiger partial charge in [0.2, 0.25) is 5.91 Å². The van der Waals surface area contributed by atoms with Crippen LogP contribution in [0.3, 0.4) is 0 Å². The molecule has 1 N–H and O–H groups in total. The second-order valence-electron chi connectivity index (χ2n) is 6.12. The van der Waals surface area contributed by atoms with Crippen molar-refractivity contribution in [2.45, 2.75) is 32.2 Å². The first-order valence-corrected chi connectivity index (χ1v) is 9.73. The summed E-state index contributed by atoms with van der Waals surface area (Å²) in [5.41, 5.74) is 1.31. The summed E-state index contributed by atoms with van der Waals surface area (Å²) in [5.74, 6) is -0.386. The van der Waals surface area contributed by atoms with E-state index in [0.29, 0.717) is 25.9 Å². The van der Waals surface area contributed by atoms with Crippen LogP contribution in [-0.2, 0) is 24.2 Å². The fourth-order valence-corrected chi connectivity index (χ4v) is 4.62. The first kappa shape index (κ1) is 17.5. The molecule has 6 nitrogen and oxygen atoms in total. The summed E-state index contributed by atoms with van der Waals surface area (Å²) in [5, 5.41) is 12.1. The molecule has 2 aromatic heterocycles. The molecule has 9 heteroatoms. The molecule has 0 radical (unpaired) electrons. The lowest BCUT2D eigenvalue weighted by Gasteiger charge is -2.10. The van der Waals surface area contributed by atoms with Gasteiger partial charge in [-0.25, -0.2) is 4.68 Å². The molecule has 0 bridgehead atoms. The van der Waals surface area contributed by atoms with Gasteiger partial charge in [-0.15, -0.1) is 16.4 Å². The minimum absolute atomic E-state index is 0.216. The number of hydrogen-bond donors (Lipinski definition) is 1. The Morgan fingerprint density at radius 3 is 2.85 bits per heavy atom. The van der Waals surface area contributed by atoms with Gasteiger partial charge in [0, 0.05) is 10.6 Å². The molecule has 1 aliphatic carbocycles. The van der Waals surface area contributed by atoms with E-state index in [2.05, 4.69) is 15.6 Å². The molecule has 0 saturated carbocycles. The zero-order chi connectivity index (χ0) is 18.3. The number of benzene rings is 1. The van der Waals surface area contributed by atoms with Crippen molar-refractivity contribution in [3.05, 3.63) is 49.0 Å². The number of amides is 1. The number of aryl methyl sites for hydroxylation is 2. The summed E-state index contributed by atoms with van der Waals surface area (Å²) in [6.07, 6.45) is 4.06. The van der Waals surface area contributed by atoms with E-state index in [0.717, 1.165) is 35.9 Å². The zero-order valence-electron chi connectivity index (χ0n) is 13.6. The van der Waals surface area contributed by atoms with E-state index in [1.54, 1.807) is 18.2 Å². The third-order valence-electron chi connectivity index (χ3n) is 4.34. The molecule has 0 saturated heterocycles. The quantitative estimate of drug-likeness (QED) is 0.716. The van der Waals surface area contributed by atoms with Crippen LogP contribution in [0.1, 0.15) is 23.3 Å². The third kappa shape index (κ3) is 3.22. The molecular weight excluding hydrogens is 395 g/mol. The molecule has 2 heterocycles. The number of anilines is 1. The van der Waals surface area contributed by atoms with E-state index in [9.17, 15) is 9.59 Å². The summed E-state index contributed by atoms with van der Waals surface area (Å²) in [7, 11) is 0. The Morgan fingerprint density at radius 1 is 1.23 bits per heavy atom. The molecule has 0 atom stereocenters. The predicted molar refractivity (Wildman–Crippen MR) is 103 cm³/mol. The van der Waals surface area contributed by atoms with Gasteiger partial charge >= 0.3 is 0 Å². The molecule has 0 spiro atoms. The standard InChI is InChI=1S/C17H14Cl2N4O2S/c18-11-6-5-9(7-12(11)19)20-14(24)8-23-17(25)15-10-3-1-2-4-13(10)26-16(15)21-22-23/h5-7H,1-4,8H2,(H,20,24). The highest BCUT2D eigenvalue weighted by atomic mass is 35.5. The van der Waals surface area contributed by atoms with Crippen molar-refractivity contribution in [2.24, 2.45) is 0 Å². The van der Waals surface area contributed by atoms with Crippen LogP contribution in [0.15, 0.2) is 23.0 Å². The molecule has 1 amide bonds. The van der Waals surface area contributed by atoms with Crippen molar-refractivity contribution in [2.75, 3.05) is 5.32 Å².